The van der Waals surface area contributed by atoms with Crippen molar-refractivity contribution in [3.8, 4) is 6.07 Å². The van der Waals surface area contributed by atoms with E-state index in [1.165, 1.54) is 0 Å². The smallest absolute Gasteiger partial charge is 0.270 e. The van der Waals surface area contributed by atoms with E-state index in [1.807, 2.05) is 6.07 Å². The summed E-state index contributed by atoms with van der Waals surface area (Å²) in [6, 6.07) is 12.1. The maximum atomic E-state index is 12.8. The molecule has 0 radical (unpaired) electrons. The van der Waals surface area contributed by atoms with Gasteiger partial charge in [0.25, 0.3) is 11.8 Å². The molecule has 0 saturated carbocycles. The lowest BCUT2D eigenvalue weighted by Crippen LogP contribution is -2.29. The highest BCUT2D eigenvalue weighted by Crippen LogP contribution is 2.26. The Bertz CT molecular complexity index is 917. The van der Waals surface area contributed by atoms with Crippen molar-refractivity contribution in [2.75, 3.05) is 24.3 Å². The molecule has 1 heterocycles. The number of benzene rings is 1. The second kappa shape index (κ2) is 11.5. The van der Waals surface area contributed by atoms with Gasteiger partial charge in [-0.2, -0.15) is 5.26 Å². The minimum absolute atomic E-state index is 0.0592. The molecule has 0 saturated heterocycles. The number of nitrogens with one attached hydrogen (secondary N) is 2. The lowest BCUT2D eigenvalue weighted by atomic mass is 10.1. The number of alkyl halides is 2. The Kier molecular flexibility index (Phi) is 9.06. The lowest BCUT2D eigenvalue weighted by Gasteiger charge is -2.13. The van der Waals surface area contributed by atoms with E-state index in [0.717, 1.165) is 5.56 Å². The Morgan fingerprint density at radius 1 is 1.31 bits per heavy atom. The van der Waals surface area contributed by atoms with Crippen LogP contribution >= 0.6 is 27.5 Å². The highest BCUT2D eigenvalue weighted by molar-refractivity contribution is 9.09. The van der Waals surface area contributed by atoms with Gasteiger partial charge in [-0.25, -0.2) is 4.98 Å². The van der Waals surface area contributed by atoms with Crippen molar-refractivity contribution >= 4 is 45.0 Å². The van der Waals surface area contributed by atoms with Gasteiger partial charge >= 0.3 is 0 Å². The first-order valence-electron chi connectivity index (χ1n) is 8.82. The molecule has 152 valence electrons. The number of amides is 2. The number of anilines is 1. The summed E-state index contributed by atoms with van der Waals surface area (Å²) >= 11 is 8.97. The molecule has 0 aliphatic carbocycles. The summed E-state index contributed by atoms with van der Waals surface area (Å²) in [7, 11) is 0. The predicted molar refractivity (Wildman–Crippen MR) is 114 cm³/mol. The number of aryl methyl sites for hydroxylation is 1. The van der Waals surface area contributed by atoms with Crippen molar-refractivity contribution in [1.29, 1.82) is 5.26 Å². The SMILES string of the molecule is Cc1ccc(C(=O)Nc2cccc(C(Br)OCC#N)c2)c(C(=O)NCCCCl)n1. The number of pyridine rings is 1. The second-order valence-electron chi connectivity index (χ2n) is 6.01. The van der Waals surface area contributed by atoms with Gasteiger partial charge in [-0.05, 0) is 43.2 Å². The number of nitrogens with zero attached hydrogens (tertiary/aromatic N) is 2. The van der Waals surface area contributed by atoms with Crippen molar-refractivity contribution in [3.05, 3.63) is 58.9 Å². The van der Waals surface area contributed by atoms with E-state index >= 15 is 0 Å². The van der Waals surface area contributed by atoms with Gasteiger partial charge in [0.15, 0.2) is 0 Å². The number of carbonyl (C=O) groups excluding carboxylic acids is 2. The fraction of sp³-hybridized carbons (Fsp3) is 0.300. The van der Waals surface area contributed by atoms with Crippen LogP contribution in [0.1, 0.15) is 43.5 Å². The Hall–Kier alpha value is -2.47. The molecule has 0 aliphatic rings. The number of nitriles is 1. The minimum Gasteiger partial charge on any atom is -0.351 e. The third-order valence-corrected chi connectivity index (χ3v) is 4.85. The quantitative estimate of drug-likeness (QED) is 0.419. The summed E-state index contributed by atoms with van der Waals surface area (Å²) < 4.78 is 5.30. The molecule has 29 heavy (non-hydrogen) atoms. The predicted octanol–water partition coefficient (Wildman–Crippen LogP) is 3.93. The van der Waals surface area contributed by atoms with E-state index in [4.69, 9.17) is 21.6 Å². The summed E-state index contributed by atoms with van der Waals surface area (Å²) in [6.45, 7) is 2.08. The molecule has 0 bridgehead atoms. The molecular weight excluding hydrogens is 460 g/mol. The Balaban J connectivity index is 2.19. The zero-order chi connectivity index (χ0) is 21.2. The number of carbonyl (C=O) groups is 2. The van der Waals surface area contributed by atoms with Gasteiger partial charge in [-0.3, -0.25) is 9.59 Å². The van der Waals surface area contributed by atoms with E-state index in [9.17, 15) is 9.59 Å². The van der Waals surface area contributed by atoms with Crippen LogP contribution in [0.4, 0.5) is 5.69 Å². The van der Waals surface area contributed by atoms with Crippen LogP contribution in [0, 0.1) is 18.3 Å². The normalized spacial score (nSPS) is 11.4. The molecule has 1 atom stereocenters. The fourth-order valence-electron chi connectivity index (χ4n) is 2.43. The van der Waals surface area contributed by atoms with Gasteiger partial charge in [0, 0.05) is 23.8 Å². The van der Waals surface area contributed by atoms with Crippen LogP contribution in [0.5, 0.6) is 0 Å². The maximum Gasteiger partial charge on any atom is 0.270 e. The zero-order valence-corrected chi connectivity index (χ0v) is 18.1. The van der Waals surface area contributed by atoms with Gasteiger partial charge in [0.1, 0.15) is 17.3 Å². The minimum atomic E-state index is -0.483. The van der Waals surface area contributed by atoms with Crippen molar-refractivity contribution in [1.82, 2.24) is 10.3 Å². The average molecular weight is 480 g/mol. The highest BCUT2D eigenvalue weighted by Gasteiger charge is 2.19. The molecule has 9 heteroatoms. The van der Waals surface area contributed by atoms with E-state index in [2.05, 4.69) is 31.5 Å². The third kappa shape index (κ3) is 6.82. The molecule has 1 aromatic carbocycles. The molecule has 2 N–H and O–H groups in total. The summed E-state index contributed by atoms with van der Waals surface area (Å²) in [5, 5.41) is 13.6. The molecule has 0 spiro atoms. The van der Waals surface area contributed by atoms with Crippen LogP contribution in [0.3, 0.4) is 0 Å². The third-order valence-electron chi connectivity index (χ3n) is 3.79. The van der Waals surface area contributed by atoms with E-state index in [-0.39, 0.29) is 17.9 Å². The summed E-state index contributed by atoms with van der Waals surface area (Å²) in [5.74, 6) is -0.456. The van der Waals surface area contributed by atoms with Gasteiger partial charge in [0.2, 0.25) is 0 Å². The van der Waals surface area contributed by atoms with Crippen molar-refractivity contribution < 1.29 is 14.3 Å². The van der Waals surface area contributed by atoms with Crippen molar-refractivity contribution in [3.63, 3.8) is 0 Å². The van der Waals surface area contributed by atoms with E-state index in [1.54, 1.807) is 43.3 Å². The average Bonchev–Trinajstić information content (AvgIpc) is 2.72. The number of aromatic nitrogens is 1. The largest absolute Gasteiger partial charge is 0.351 e. The summed E-state index contributed by atoms with van der Waals surface area (Å²) in [4.78, 5) is 29.5. The number of halogens is 2. The van der Waals surface area contributed by atoms with E-state index < -0.39 is 16.8 Å². The van der Waals surface area contributed by atoms with E-state index in [0.29, 0.717) is 30.2 Å². The van der Waals surface area contributed by atoms with Gasteiger partial charge < -0.3 is 15.4 Å². The lowest BCUT2D eigenvalue weighted by molar-refractivity contribution is 0.0935. The molecule has 7 nitrogen and oxygen atoms in total. The highest BCUT2D eigenvalue weighted by atomic mass is 79.9. The summed E-state index contributed by atoms with van der Waals surface area (Å²) in [6.07, 6.45) is 0.620. The second-order valence-corrected chi connectivity index (χ2v) is 7.22. The van der Waals surface area contributed by atoms with Gasteiger partial charge in [0.05, 0.1) is 11.6 Å². The fourth-order valence-corrected chi connectivity index (χ4v) is 2.98. The zero-order valence-electron chi connectivity index (χ0n) is 15.7. The molecule has 1 unspecified atom stereocenters. The monoisotopic (exact) mass is 478 g/mol. The van der Waals surface area contributed by atoms with Crippen molar-refractivity contribution in [2.45, 2.75) is 18.4 Å². The number of ether oxygens (including phenoxy) is 1. The van der Waals surface area contributed by atoms with Crippen LogP contribution < -0.4 is 10.6 Å². The Morgan fingerprint density at radius 2 is 2.10 bits per heavy atom. The molecule has 2 amide bonds. The summed E-state index contributed by atoms with van der Waals surface area (Å²) in [5.41, 5.74) is 2.11. The van der Waals surface area contributed by atoms with Crippen LogP contribution in [-0.2, 0) is 4.74 Å². The van der Waals surface area contributed by atoms with Crippen LogP contribution in [0.15, 0.2) is 36.4 Å². The first-order valence-corrected chi connectivity index (χ1v) is 10.3. The number of hydrogen-bond donors (Lipinski definition) is 2. The molecule has 1 aromatic heterocycles. The maximum absolute atomic E-state index is 12.8. The molecule has 2 aromatic rings. The molecule has 0 fully saturated rings. The Morgan fingerprint density at radius 3 is 2.83 bits per heavy atom. The first-order chi connectivity index (χ1) is 14.0. The van der Waals surface area contributed by atoms with Crippen molar-refractivity contribution in [2.24, 2.45) is 0 Å². The molecule has 0 aliphatic heterocycles. The first kappa shape index (κ1) is 22.8. The van der Waals surface area contributed by atoms with Crippen LogP contribution in [0.25, 0.3) is 0 Å². The molecular formula is C20H20BrClN4O3. The standard InChI is InChI=1S/C20H20BrClN4O3/c1-13-6-7-16(17(25-13)20(28)24-10-3-8-22)19(27)26-15-5-2-4-14(12-15)18(21)29-11-9-23/h2,4-7,12,18H,3,8,10-11H2,1H3,(H,24,28)(H,26,27). The molecule has 2 rings (SSSR count). The van der Waals surface area contributed by atoms with Gasteiger partial charge in [-0.1, -0.05) is 28.1 Å². The number of hydrogen-bond acceptors (Lipinski definition) is 5. The Labute approximate surface area is 182 Å². The topological polar surface area (TPSA) is 104 Å². The number of rotatable bonds is 9. The van der Waals surface area contributed by atoms with Crippen LogP contribution in [-0.4, -0.2) is 35.8 Å². The van der Waals surface area contributed by atoms with Crippen LogP contribution in [0.2, 0.25) is 0 Å². The van der Waals surface area contributed by atoms with Gasteiger partial charge in [-0.15, -0.1) is 11.6 Å².